The summed E-state index contributed by atoms with van der Waals surface area (Å²) in [6.07, 6.45) is 3.17. The molecule has 0 saturated carbocycles. The molecule has 1 spiro atoms. The molecule has 2 saturated heterocycles. The van der Waals surface area contributed by atoms with Crippen LogP contribution in [0, 0.1) is 5.41 Å². The van der Waals surface area contributed by atoms with E-state index in [0.717, 1.165) is 50.5 Å². The number of nitrogens with zero attached hydrogens (tertiary/aromatic N) is 1. The zero-order valence-corrected chi connectivity index (χ0v) is 14.1. The van der Waals surface area contributed by atoms with Crippen LogP contribution in [-0.4, -0.2) is 53.7 Å². The number of hydrogen-bond acceptors (Lipinski definition) is 3. The molecule has 0 radical (unpaired) electrons. The molecule has 1 atom stereocenters. The Morgan fingerprint density at radius 1 is 1.22 bits per heavy atom. The lowest BCUT2D eigenvalue weighted by molar-refractivity contribution is 0.0209. The quantitative estimate of drug-likeness (QED) is 0.915. The highest BCUT2D eigenvalue weighted by molar-refractivity contribution is 7.85. The Kier molecular flexibility index (Phi) is 5.33. The van der Waals surface area contributed by atoms with E-state index in [4.69, 9.17) is 4.74 Å². The number of hydrogen-bond donors (Lipinski definition) is 1. The van der Waals surface area contributed by atoms with Gasteiger partial charge in [-0.1, -0.05) is 18.2 Å². The first-order valence-electron chi connectivity index (χ1n) is 8.23. The van der Waals surface area contributed by atoms with Gasteiger partial charge in [0.1, 0.15) is 0 Å². The number of urea groups is 1. The number of likely N-dealkylation sites (tertiary alicyclic amines) is 1. The van der Waals surface area contributed by atoms with Crippen molar-refractivity contribution in [1.82, 2.24) is 10.2 Å². The molecule has 1 aromatic carbocycles. The highest BCUT2D eigenvalue weighted by atomic mass is 32.2. The van der Waals surface area contributed by atoms with Gasteiger partial charge >= 0.3 is 6.03 Å². The van der Waals surface area contributed by atoms with Crippen molar-refractivity contribution in [2.75, 3.05) is 38.6 Å². The largest absolute Gasteiger partial charge is 0.381 e. The maximum Gasteiger partial charge on any atom is 0.317 e. The first-order chi connectivity index (χ1) is 11.2. The SMILES string of the molecule is O=C(NCC[S@@](=O)c1ccccc1)N1CCC2(CCOCC2)C1. The molecule has 0 unspecified atom stereocenters. The number of rotatable bonds is 4. The van der Waals surface area contributed by atoms with Gasteiger partial charge in [0, 0.05) is 43.5 Å². The van der Waals surface area contributed by atoms with Gasteiger partial charge in [0.2, 0.25) is 0 Å². The smallest absolute Gasteiger partial charge is 0.317 e. The van der Waals surface area contributed by atoms with Crippen LogP contribution < -0.4 is 5.32 Å². The predicted octanol–water partition coefficient (Wildman–Crippen LogP) is 2.01. The minimum Gasteiger partial charge on any atom is -0.381 e. The third kappa shape index (κ3) is 4.12. The normalized spacial score (nSPS) is 21.3. The lowest BCUT2D eigenvalue weighted by atomic mass is 9.80. The maximum absolute atomic E-state index is 12.3. The number of carbonyl (C=O) groups is 1. The van der Waals surface area contributed by atoms with Crippen molar-refractivity contribution >= 4 is 16.8 Å². The molecule has 2 fully saturated rings. The molecule has 1 N–H and O–H groups in total. The van der Waals surface area contributed by atoms with E-state index in [1.165, 1.54) is 0 Å². The Labute approximate surface area is 139 Å². The topological polar surface area (TPSA) is 58.6 Å². The number of carbonyl (C=O) groups excluding carboxylic acids is 1. The van der Waals surface area contributed by atoms with Crippen LogP contribution in [0.5, 0.6) is 0 Å². The lowest BCUT2D eigenvalue weighted by Gasteiger charge is -2.33. The van der Waals surface area contributed by atoms with E-state index in [2.05, 4.69) is 5.32 Å². The molecule has 1 aromatic rings. The molecular weight excluding hydrogens is 312 g/mol. The van der Waals surface area contributed by atoms with E-state index < -0.39 is 10.8 Å². The highest BCUT2D eigenvalue weighted by Gasteiger charge is 2.40. The number of amides is 2. The third-order valence-corrected chi connectivity index (χ3v) is 6.22. The van der Waals surface area contributed by atoms with E-state index in [1.807, 2.05) is 35.2 Å². The first-order valence-corrected chi connectivity index (χ1v) is 9.54. The van der Waals surface area contributed by atoms with E-state index in [-0.39, 0.29) is 11.4 Å². The number of ether oxygens (including phenoxy) is 1. The van der Waals surface area contributed by atoms with Crippen molar-refractivity contribution in [1.29, 1.82) is 0 Å². The fourth-order valence-corrected chi connectivity index (χ4v) is 4.36. The van der Waals surface area contributed by atoms with Gasteiger partial charge in [-0.3, -0.25) is 4.21 Å². The van der Waals surface area contributed by atoms with Crippen molar-refractivity contribution in [3.8, 4) is 0 Å². The second kappa shape index (κ2) is 7.45. The molecule has 2 heterocycles. The highest BCUT2D eigenvalue weighted by Crippen LogP contribution is 2.39. The standard InChI is InChI=1S/C17H24N2O3S/c20-16(18-9-13-23(21)15-4-2-1-3-5-15)19-10-6-17(14-19)7-11-22-12-8-17/h1-5H,6-14H2,(H,18,20)/t23-/m1/s1. The van der Waals surface area contributed by atoms with E-state index in [0.29, 0.717) is 12.3 Å². The Morgan fingerprint density at radius 2 is 1.96 bits per heavy atom. The van der Waals surface area contributed by atoms with Gasteiger partial charge in [-0.15, -0.1) is 0 Å². The molecule has 0 bridgehead atoms. The molecule has 0 aromatic heterocycles. The zero-order chi connectivity index (χ0) is 16.1. The Balaban J connectivity index is 1.42. The van der Waals surface area contributed by atoms with Crippen LogP contribution in [0.25, 0.3) is 0 Å². The monoisotopic (exact) mass is 336 g/mol. The third-order valence-electron chi connectivity index (χ3n) is 4.85. The first kappa shape index (κ1) is 16.5. The van der Waals surface area contributed by atoms with Crippen LogP contribution in [-0.2, 0) is 15.5 Å². The molecule has 5 nitrogen and oxygen atoms in total. The molecular formula is C17H24N2O3S. The molecule has 23 heavy (non-hydrogen) atoms. The average Bonchev–Trinajstić information content (AvgIpc) is 2.99. The molecule has 0 aliphatic carbocycles. The second-order valence-electron chi connectivity index (χ2n) is 6.38. The molecule has 2 amide bonds. The van der Waals surface area contributed by atoms with Crippen LogP contribution in [0.3, 0.4) is 0 Å². The summed E-state index contributed by atoms with van der Waals surface area (Å²) >= 11 is 0. The van der Waals surface area contributed by atoms with E-state index >= 15 is 0 Å². The van der Waals surface area contributed by atoms with Crippen LogP contribution in [0.15, 0.2) is 35.2 Å². The van der Waals surface area contributed by atoms with Gasteiger partial charge in [0.25, 0.3) is 0 Å². The van der Waals surface area contributed by atoms with Crippen LogP contribution >= 0.6 is 0 Å². The zero-order valence-electron chi connectivity index (χ0n) is 13.3. The van der Waals surface area contributed by atoms with Crippen molar-refractivity contribution in [2.24, 2.45) is 5.41 Å². The van der Waals surface area contributed by atoms with Gasteiger partial charge in [-0.25, -0.2) is 4.79 Å². The van der Waals surface area contributed by atoms with Crippen molar-refractivity contribution in [3.63, 3.8) is 0 Å². The number of benzene rings is 1. The van der Waals surface area contributed by atoms with Crippen molar-refractivity contribution in [2.45, 2.75) is 24.2 Å². The molecule has 126 valence electrons. The molecule has 2 aliphatic heterocycles. The van der Waals surface area contributed by atoms with Gasteiger partial charge in [-0.05, 0) is 36.8 Å². The van der Waals surface area contributed by atoms with E-state index in [9.17, 15) is 9.00 Å². The Hall–Kier alpha value is -1.40. The summed E-state index contributed by atoms with van der Waals surface area (Å²) in [6.45, 7) is 3.70. The average molecular weight is 336 g/mol. The summed E-state index contributed by atoms with van der Waals surface area (Å²) in [5, 5.41) is 2.91. The lowest BCUT2D eigenvalue weighted by Crippen LogP contribution is -2.42. The summed E-state index contributed by atoms with van der Waals surface area (Å²) in [5.41, 5.74) is 0.266. The molecule has 3 rings (SSSR count). The fourth-order valence-electron chi connectivity index (χ4n) is 3.37. The summed E-state index contributed by atoms with van der Waals surface area (Å²) < 4.78 is 17.6. The van der Waals surface area contributed by atoms with Gasteiger partial charge < -0.3 is 15.0 Å². The number of nitrogens with one attached hydrogen (secondary N) is 1. The summed E-state index contributed by atoms with van der Waals surface area (Å²) in [4.78, 5) is 15.0. The van der Waals surface area contributed by atoms with Crippen LogP contribution in [0.1, 0.15) is 19.3 Å². The van der Waals surface area contributed by atoms with E-state index in [1.54, 1.807) is 0 Å². The predicted molar refractivity (Wildman–Crippen MR) is 89.8 cm³/mol. The fraction of sp³-hybridized carbons (Fsp3) is 0.588. The van der Waals surface area contributed by atoms with Gasteiger partial charge in [0.05, 0.1) is 10.8 Å². The molecule has 2 aliphatic rings. The van der Waals surface area contributed by atoms with Gasteiger partial charge in [0.15, 0.2) is 0 Å². The maximum atomic E-state index is 12.3. The Morgan fingerprint density at radius 3 is 2.70 bits per heavy atom. The van der Waals surface area contributed by atoms with Gasteiger partial charge in [-0.2, -0.15) is 0 Å². The molecule has 6 heteroatoms. The minimum absolute atomic E-state index is 0.0292. The second-order valence-corrected chi connectivity index (χ2v) is 7.95. The summed E-state index contributed by atoms with van der Waals surface area (Å²) in [5.74, 6) is 0.447. The minimum atomic E-state index is -1.06. The van der Waals surface area contributed by atoms with Crippen molar-refractivity contribution < 1.29 is 13.7 Å². The van der Waals surface area contributed by atoms with Crippen LogP contribution in [0.2, 0.25) is 0 Å². The van der Waals surface area contributed by atoms with Crippen molar-refractivity contribution in [3.05, 3.63) is 30.3 Å². The summed E-state index contributed by atoms with van der Waals surface area (Å²) in [7, 11) is -1.06. The summed E-state index contributed by atoms with van der Waals surface area (Å²) in [6, 6.07) is 9.34. The Bertz CT molecular complexity index is 558. The van der Waals surface area contributed by atoms with Crippen LogP contribution in [0.4, 0.5) is 4.79 Å².